The molecule has 25 heavy (non-hydrogen) atoms. The molecule has 2 heterocycles. The molecule has 0 radical (unpaired) electrons. The van der Waals surface area contributed by atoms with Crippen molar-refractivity contribution < 1.29 is 4.79 Å². The van der Waals surface area contributed by atoms with Crippen molar-refractivity contribution >= 4 is 34.3 Å². The Bertz CT molecular complexity index is 878. The van der Waals surface area contributed by atoms with Gasteiger partial charge in [-0.25, -0.2) is 9.97 Å². The zero-order chi connectivity index (χ0) is 18.0. The largest absolute Gasteiger partial charge is 0.326 e. The van der Waals surface area contributed by atoms with Crippen molar-refractivity contribution in [1.29, 1.82) is 0 Å². The van der Waals surface area contributed by atoms with E-state index in [0.717, 1.165) is 39.1 Å². The van der Waals surface area contributed by atoms with E-state index in [9.17, 15) is 4.79 Å². The number of hydrogen-bond donors (Lipinski definition) is 1. The van der Waals surface area contributed by atoms with Crippen LogP contribution in [0.15, 0.2) is 29.6 Å². The number of aryl methyl sites for hydroxylation is 2. The molecular weight excluding hydrogens is 350 g/mol. The lowest BCUT2D eigenvalue weighted by atomic mass is 10.1. The Kier molecular flexibility index (Phi) is 5.30. The van der Waals surface area contributed by atoms with Gasteiger partial charge in [0.25, 0.3) is 0 Å². The Labute approximate surface area is 156 Å². The van der Waals surface area contributed by atoms with Crippen LogP contribution in [-0.2, 0) is 11.2 Å². The highest BCUT2D eigenvalue weighted by Gasteiger charge is 2.12. The summed E-state index contributed by atoms with van der Waals surface area (Å²) in [6, 6.07) is 7.87. The molecule has 1 aromatic carbocycles. The van der Waals surface area contributed by atoms with Crippen LogP contribution in [-0.4, -0.2) is 15.9 Å². The molecule has 3 rings (SSSR count). The second-order valence-corrected chi connectivity index (χ2v) is 8.62. The van der Waals surface area contributed by atoms with Gasteiger partial charge >= 0.3 is 0 Å². The minimum atomic E-state index is -0.0302. The minimum absolute atomic E-state index is 0.0263. The van der Waals surface area contributed by atoms with Crippen LogP contribution in [0, 0.1) is 19.8 Å². The molecule has 130 valence electrons. The molecule has 0 aliphatic carbocycles. The third kappa shape index (κ3) is 4.32. The zero-order valence-electron chi connectivity index (χ0n) is 14.8. The average molecular weight is 372 g/mol. The summed E-state index contributed by atoms with van der Waals surface area (Å²) in [4.78, 5) is 22.3. The fraction of sp³-hybridized carbons (Fsp3) is 0.316. The molecule has 0 saturated heterocycles. The number of nitrogens with one attached hydrogen (secondary N) is 1. The smallest absolute Gasteiger partial charge is 0.226 e. The van der Waals surface area contributed by atoms with Crippen molar-refractivity contribution in [3.8, 4) is 11.3 Å². The maximum absolute atomic E-state index is 11.8. The first kappa shape index (κ1) is 17.8. The van der Waals surface area contributed by atoms with Crippen molar-refractivity contribution in [2.45, 2.75) is 34.1 Å². The number of thiazole rings is 2. The van der Waals surface area contributed by atoms with Gasteiger partial charge in [0.1, 0.15) is 0 Å². The number of carbonyl (C=O) groups excluding carboxylic acids is 1. The van der Waals surface area contributed by atoms with Crippen LogP contribution in [0.1, 0.15) is 34.4 Å². The number of anilines is 1. The Balaban J connectivity index is 1.76. The standard InChI is InChI=1S/C19H21N3OS2/c1-11(2)19(23)21-15-7-5-14(6-8-15)18-12(3)25-17(22-18)9-16-10-24-13(4)20-16/h5-8,10-11H,9H2,1-4H3,(H,21,23). The summed E-state index contributed by atoms with van der Waals surface area (Å²) in [5, 5.41) is 7.17. The van der Waals surface area contributed by atoms with Crippen LogP contribution in [0.4, 0.5) is 5.69 Å². The summed E-state index contributed by atoms with van der Waals surface area (Å²) in [6.07, 6.45) is 0.776. The van der Waals surface area contributed by atoms with E-state index in [0.29, 0.717) is 0 Å². The zero-order valence-corrected chi connectivity index (χ0v) is 16.4. The number of amides is 1. The first-order chi connectivity index (χ1) is 11.9. The third-order valence-electron chi connectivity index (χ3n) is 3.79. The van der Waals surface area contributed by atoms with Gasteiger partial charge in [0, 0.05) is 33.8 Å². The monoisotopic (exact) mass is 371 g/mol. The van der Waals surface area contributed by atoms with Crippen LogP contribution in [0.3, 0.4) is 0 Å². The van der Waals surface area contributed by atoms with Gasteiger partial charge in [0.2, 0.25) is 5.91 Å². The average Bonchev–Trinajstić information content (AvgIpc) is 3.14. The predicted octanol–water partition coefficient (Wildman–Crippen LogP) is 5.07. The van der Waals surface area contributed by atoms with Gasteiger partial charge < -0.3 is 5.32 Å². The fourth-order valence-electron chi connectivity index (χ4n) is 2.44. The molecule has 0 bridgehead atoms. The summed E-state index contributed by atoms with van der Waals surface area (Å²) < 4.78 is 0. The summed E-state index contributed by atoms with van der Waals surface area (Å²) in [7, 11) is 0. The molecular formula is C19H21N3OS2. The van der Waals surface area contributed by atoms with Gasteiger partial charge in [-0.3, -0.25) is 4.79 Å². The van der Waals surface area contributed by atoms with Crippen LogP contribution in [0.2, 0.25) is 0 Å². The normalized spacial score (nSPS) is 11.1. The molecule has 6 heteroatoms. The molecule has 0 spiro atoms. The first-order valence-corrected chi connectivity index (χ1v) is 9.90. The molecule has 3 aromatic rings. The van der Waals surface area contributed by atoms with E-state index in [-0.39, 0.29) is 11.8 Å². The molecule has 0 fully saturated rings. The Hall–Kier alpha value is -2.05. The van der Waals surface area contributed by atoms with Gasteiger partial charge in [0.15, 0.2) is 0 Å². The molecule has 0 atom stereocenters. The SMILES string of the molecule is Cc1nc(Cc2nc(-c3ccc(NC(=O)C(C)C)cc3)c(C)s2)cs1. The van der Waals surface area contributed by atoms with Gasteiger partial charge in [-0.15, -0.1) is 22.7 Å². The Morgan fingerprint density at radius 1 is 1.16 bits per heavy atom. The highest BCUT2D eigenvalue weighted by atomic mass is 32.1. The number of rotatable bonds is 5. The van der Waals surface area contributed by atoms with Gasteiger partial charge in [0.05, 0.1) is 21.4 Å². The highest BCUT2D eigenvalue weighted by Crippen LogP contribution is 2.29. The summed E-state index contributed by atoms with van der Waals surface area (Å²) in [5.74, 6) is -0.00389. The van der Waals surface area contributed by atoms with Crippen LogP contribution in [0.25, 0.3) is 11.3 Å². The quantitative estimate of drug-likeness (QED) is 0.681. The Morgan fingerprint density at radius 2 is 1.88 bits per heavy atom. The van der Waals surface area contributed by atoms with E-state index in [1.165, 1.54) is 4.88 Å². The van der Waals surface area contributed by atoms with Gasteiger partial charge in [-0.1, -0.05) is 26.0 Å². The van der Waals surface area contributed by atoms with Crippen LogP contribution in [0.5, 0.6) is 0 Å². The number of carbonyl (C=O) groups is 1. The van der Waals surface area contributed by atoms with E-state index in [1.807, 2.05) is 45.0 Å². The predicted molar refractivity (Wildman–Crippen MR) is 105 cm³/mol. The number of benzene rings is 1. The summed E-state index contributed by atoms with van der Waals surface area (Å²) in [6.45, 7) is 7.88. The molecule has 0 unspecified atom stereocenters. The van der Waals surface area contributed by atoms with E-state index in [4.69, 9.17) is 4.98 Å². The maximum atomic E-state index is 11.8. The maximum Gasteiger partial charge on any atom is 0.226 e. The lowest BCUT2D eigenvalue weighted by molar-refractivity contribution is -0.118. The van der Waals surface area contributed by atoms with Crippen molar-refractivity contribution in [3.63, 3.8) is 0 Å². The van der Waals surface area contributed by atoms with Crippen molar-refractivity contribution in [1.82, 2.24) is 9.97 Å². The number of nitrogens with zero attached hydrogens (tertiary/aromatic N) is 2. The second kappa shape index (κ2) is 7.45. The lowest BCUT2D eigenvalue weighted by Gasteiger charge is -2.08. The molecule has 4 nitrogen and oxygen atoms in total. The summed E-state index contributed by atoms with van der Waals surface area (Å²) >= 11 is 3.39. The topological polar surface area (TPSA) is 54.9 Å². The van der Waals surface area contributed by atoms with E-state index in [1.54, 1.807) is 22.7 Å². The van der Waals surface area contributed by atoms with Crippen LogP contribution >= 0.6 is 22.7 Å². The third-order valence-corrected chi connectivity index (χ3v) is 5.58. The molecule has 1 amide bonds. The van der Waals surface area contributed by atoms with E-state index >= 15 is 0 Å². The summed E-state index contributed by atoms with van der Waals surface area (Å²) in [5.41, 5.74) is 3.97. The molecule has 1 N–H and O–H groups in total. The van der Waals surface area contributed by atoms with Crippen molar-refractivity contribution in [2.24, 2.45) is 5.92 Å². The van der Waals surface area contributed by atoms with Gasteiger partial charge in [-0.2, -0.15) is 0 Å². The van der Waals surface area contributed by atoms with Gasteiger partial charge in [-0.05, 0) is 26.0 Å². The minimum Gasteiger partial charge on any atom is -0.326 e. The number of aromatic nitrogens is 2. The number of hydrogen-bond acceptors (Lipinski definition) is 5. The van der Waals surface area contributed by atoms with Crippen molar-refractivity contribution in [2.75, 3.05) is 5.32 Å². The van der Waals surface area contributed by atoms with Crippen molar-refractivity contribution in [3.05, 3.63) is 50.2 Å². The lowest BCUT2D eigenvalue weighted by Crippen LogP contribution is -2.17. The molecule has 0 aliphatic rings. The van der Waals surface area contributed by atoms with E-state index in [2.05, 4.69) is 22.6 Å². The molecule has 2 aromatic heterocycles. The molecule has 0 saturated carbocycles. The Morgan fingerprint density at radius 3 is 2.48 bits per heavy atom. The highest BCUT2D eigenvalue weighted by molar-refractivity contribution is 7.12. The molecule has 0 aliphatic heterocycles. The fourth-order valence-corrected chi connectivity index (χ4v) is 4.02. The first-order valence-electron chi connectivity index (χ1n) is 8.21. The van der Waals surface area contributed by atoms with E-state index < -0.39 is 0 Å². The second-order valence-electron chi connectivity index (χ2n) is 6.27. The van der Waals surface area contributed by atoms with Crippen LogP contribution < -0.4 is 5.32 Å².